The van der Waals surface area contributed by atoms with Gasteiger partial charge in [-0.3, -0.25) is 0 Å². The number of carbonyl (C=O) groups excluding carboxylic acids is 1. The van der Waals surface area contributed by atoms with Crippen molar-refractivity contribution in [2.24, 2.45) is 0 Å². The van der Waals surface area contributed by atoms with Crippen molar-refractivity contribution < 1.29 is 14.3 Å². The first kappa shape index (κ1) is 23.1. The number of aromatic amines is 1. The van der Waals surface area contributed by atoms with Gasteiger partial charge in [-0.2, -0.15) is 0 Å². The number of benzene rings is 1. The molecule has 0 unspecified atom stereocenters. The largest absolute Gasteiger partial charge is 0.481 e. The fourth-order valence-electron chi connectivity index (χ4n) is 4.71. The minimum atomic E-state index is -0.461. The number of methoxy groups -OCH3 is 1. The van der Waals surface area contributed by atoms with Gasteiger partial charge in [0, 0.05) is 41.8 Å². The summed E-state index contributed by atoms with van der Waals surface area (Å²) in [4.78, 5) is 22.1. The van der Waals surface area contributed by atoms with Crippen LogP contribution >= 0.6 is 0 Å². The average Bonchev–Trinajstić information content (AvgIpc) is 3.17. The van der Waals surface area contributed by atoms with Crippen molar-refractivity contribution in [1.82, 2.24) is 14.9 Å². The molecule has 0 spiro atoms. The summed E-state index contributed by atoms with van der Waals surface area (Å²) in [6.45, 7) is 11.6. The Morgan fingerprint density at radius 3 is 2.52 bits per heavy atom. The second-order valence-electron chi connectivity index (χ2n) is 10.2. The first-order valence-corrected chi connectivity index (χ1v) is 11.8. The highest BCUT2D eigenvalue weighted by atomic mass is 16.6. The van der Waals surface area contributed by atoms with E-state index in [1.54, 1.807) is 13.3 Å². The van der Waals surface area contributed by atoms with E-state index in [1.807, 2.05) is 37.8 Å². The fourth-order valence-corrected chi connectivity index (χ4v) is 4.71. The predicted molar refractivity (Wildman–Crippen MR) is 132 cm³/mol. The molecule has 0 bridgehead atoms. The molecule has 0 saturated carbocycles. The van der Waals surface area contributed by atoms with E-state index in [2.05, 4.69) is 42.0 Å². The van der Waals surface area contributed by atoms with Crippen molar-refractivity contribution in [2.75, 3.05) is 20.2 Å². The summed E-state index contributed by atoms with van der Waals surface area (Å²) >= 11 is 0. The molecule has 0 atom stereocenters. The third-order valence-corrected chi connectivity index (χ3v) is 6.29. The summed E-state index contributed by atoms with van der Waals surface area (Å²) in [6.07, 6.45) is 3.47. The van der Waals surface area contributed by atoms with Crippen LogP contribution in [-0.4, -0.2) is 46.8 Å². The molecule has 6 nitrogen and oxygen atoms in total. The minimum Gasteiger partial charge on any atom is -0.481 e. The van der Waals surface area contributed by atoms with E-state index in [9.17, 15) is 4.79 Å². The van der Waals surface area contributed by atoms with E-state index in [-0.39, 0.29) is 6.09 Å². The molecular weight excluding hydrogens is 414 g/mol. The topological polar surface area (TPSA) is 67.5 Å². The summed E-state index contributed by atoms with van der Waals surface area (Å²) in [7, 11) is 1.64. The lowest BCUT2D eigenvalue weighted by molar-refractivity contribution is 0.0205. The molecule has 1 aliphatic heterocycles. The van der Waals surface area contributed by atoms with Gasteiger partial charge in [-0.1, -0.05) is 19.9 Å². The lowest BCUT2D eigenvalue weighted by Crippen LogP contribution is -2.41. The molecule has 3 aromatic rings. The zero-order chi connectivity index (χ0) is 23.8. The molecule has 0 radical (unpaired) electrons. The van der Waals surface area contributed by atoms with Gasteiger partial charge in [-0.05, 0) is 74.8 Å². The van der Waals surface area contributed by atoms with Gasteiger partial charge in [-0.25, -0.2) is 9.78 Å². The Balaban J connectivity index is 1.60. The Hall–Kier alpha value is -3.02. The Labute approximate surface area is 196 Å². The Morgan fingerprint density at radius 1 is 1.15 bits per heavy atom. The van der Waals surface area contributed by atoms with Crippen LogP contribution in [0.15, 0.2) is 36.5 Å². The summed E-state index contributed by atoms with van der Waals surface area (Å²) < 4.78 is 10.9. The normalized spacial score (nSPS) is 15.3. The molecule has 1 amide bonds. The van der Waals surface area contributed by atoms with Gasteiger partial charge in [0.15, 0.2) is 0 Å². The molecule has 3 heterocycles. The Morgan fingerprint density at radius 2 is 1.88 bits per heavy atom. The van der Waals surface area contributed by atoms with Crippen LogP contribution in [0.3, 0.4) is 0 Å². The lowest BCUT2D eigenvalue weighted by atomic mass is 9.87. The number of hydrogen-bond acceptors (Lipinski definition) is 4. The number of rotatable bonds is 4. The van der Waals surface area contributed by atoms with Gasteiger partial charge in [0.25, 0.3) is 0 Å². The number of ether oxygens (including phenoxy) is 2. The number of carbonyl (C=O) groups is 1. The lowest BCUT2D eigenvalue weighted by Gasteiger charge is -2.33. The van der Waals surface area contributed by atoms with Crippen molar-refractivity contribution in [3.05, 3.63) is 47.7 Å². The first-order valence-electron chi connectivity index (χ1n) is 11.8. The van der Waals surface area contributed by atoms with E-state index >= 15 is 0 Å². The predicted octanol–water partition coefficient (Wildman–Crippen LogP) is 6.48. The third-order valence-electron chi connectivity index (χ3n) is 6.29. The molecule has 1 saturated heterocycles. The number of fused-ring (bicyclic) bond motifs is 1. The number of aromatic nitrogens is 2. The fraction of sp³-hybridized carbons (Fsp3) is 0.481. The maximum atomic E-state index is 12.4. The average molecular weight is 450 g/mol. The molecule has 1 aliphatic rings. The SMILES string of the molecule is COc1cc(-c2[nH]c3ccc(C4CCN(C(=O)OC(C)(C)C)CC4)cc3c2C(C)C)ccn1. The van der Waals surface area contributed by atoms with Gasteiger partial charge in [0.2, 0.25) is 5.88 Å². The minimum absolute atomic E-state index is 0.207. The summed E-state index contributed by atoms with van der Waals surface area (Å²) in [5, 5.41) is 1.27. The van der Waals surface area contributed by atoms with Crippen molar-refractivity contribution in [3.8, 4) is 17.1 Å². The quantitative estimate of drug-likeness (QED) is 0.495. The maximum absolute atomic E-state index is 12.4. The number of pyridine rings is 1. The molecule has 6 heteroatoms. The van der Waals surface area contributed by atoms with Crippen molar-refractivity contribution in [1.29, 1.82) is 0 Å². The highest BCUT2D eigenvalue weighted by Gasteiger charge is 2.28. The molecular formula is C27H35N3O3. The monoisotopic (exact) mass is 449 g/mol. The van der Waals surface area contributed by atoms with Gasteiger partial charge >= 0.3 is 6.09 Å². The van der Waals surface area contributed by atoms with E-state index in [4.69, 9.17) is 9.47 Å². The van der Waals surface area contributed by atoms with E-state index in [0.717, 1.165) is 42.7 Å². The van der Waals surface area contributed by atoms with Crippen LogP contribution in [-0.2, 0) is 4.74 Å². The molecule has 1 N–H and O–H groups in total. The Bertz CT molecular complexity index is 1140. The maximum Gasteiger partial charge on any atom is 0.410 e. The zero-order valence-electron chi connectivity index (χ0n) is 20.6. The summed E-state index contributed by atoms with van der Waals surface area (Å²) in [5.74, 6) is 1.41. The number of nitrogens with one attached hydrogen (secondary N) is 1. The van der Waals surface area contributed by atoms with Crippen molar-refractivity contribution in [3.63, 3.8) is 0 Å². The molecule has 1 fully saturated rings. The van der Waals surface area contributed by atoms with Crippen LogP contribution < -0.4 is 4.74 Å². The molecule has 0 aliphatic carbocycles. The van der Waals surface area contributed by atoms with Crippen LogP contribution in [0.5, 0.6) is 5.88 Å². The highest BCUT2D eigenvalue weighted by molar-refractivity contribution is 5.92. The van der Waals surface area contributed by atoms with E-state index in [1.165, 1.54) is 16.5 Å². The number of nitrogens with zero attached hydrogens (tertiary/aromatic N) is 2. The van der Waals surface area contributed by atoms with Crippen LogP contribution in [0.25, 0.3) is 22.2 Å². The Kier molecular flexibility index (Phi) is 6.37. The van der Waals surface area contributed by atoms with Gasteiger partial charge in [0.05, 0.1) is 12.8 Å². The van der Waals surface area contributed by atoms with Crippen LogP contribution in [0, 0.1) is 0 Å². The standard InChI is InChI=1S/C27H35N3O3/c1-17(2)24-21-15-19(18-10-13-30(14-11-18)26(31)33-27(3,4)5)7-8-22(21)29-25(24)20-9-12-28-23(16-20)32-6/h7-9,12,15-18,29H,10-11,13-14H2,1-6H3. The molecule has 176 valence electrons. The van der Waals surface area contributed by atoms with Gasteiger partial charge in [0.1, 0.15) is 5.60 Å². The van der Waals surface area contributed by atoms with Crippen LogP contribution in [0.1, 0.15) is 70.4 Å². The van der Waals surface area contributed by atoms with Crippen LogP contribution in [0.2, 0.25) is 0 Å². The number of likely N-dealkylation sites (tertiary alicyclic amines) is 1. The van der Waals surface area contributed by atoms with Gasteiger partial charge < -0.3 is 19.4 Å². The number of piperidine rings is 1. The number of H-pyrrole nitrogens is 1. The summed E-state index contributed by atoms with van der Waals surface area (Å²) in [5.41, 5.74) is 5.53. The molecule has 4 rings (SSSR count). The molecule has 1 aromatic carbocycles. The van der Waals surface area contributed by atoms with Crippen molar-refractivity contribution in [2.45, 2.75) is 64.9 Å². The third kappa shape index (κ3) is 5.00. The number of amides is 1. The smallest absolute Gasteiger partial charge is 0.410 e. The van der Waals surface area contributed by atoms with Crippen LogP contribution in [0.4, 0.5) is 4.79 Å². The second-order valence-corrected chi connectivity index (χ2v) is 10.2. The van der Waals surface area contributed by atoms with E-state index in [0.29, 0.717) is 17.7 Å². The van der Waals surface area contributed by atoms with Gasteiger partial charge in [-0.15, -0.1) is 0 Å². The summed E-state index contributed by atoms with van der Waals surface area (Å²) in [6, 6.07) is 10.8. The second kappa shape index (κ2) is 9.08. The highest BCUT2D eigenvalue weighted by Crippen LogP contribution is 2.38. The molecule has 33 heavy (non-hydrogen) atoms. The molecule has 2 aromatic heterocycles. The first-order chi connectivity index (χ1) is 15.7. The number of hydrogen-bond donors (Lipinski definition) is 1. The zero-order valence-corrected chi connectivity index (χ0v) is 20.6. The van der Waals surface area contributed by atoms with E-state index < -0.39 is 5.60 Å². The van der Waals surface area contributed by atoms with Crippen molar-refractivity contribution >= 4 is 17.0 Å².